The Morgan fingerprint density at radius 3 is 2.70 bits per heavy atom. The van der Waals surface area contributed by atoms with Gasteiger partial charge in [0.25, 0.3) is 0 Å². The van der Waals surface area contributed by atoms with E-state index >= 15 is 0 Å². The highest BCUT2D eigenvalue weighted by Gasteiger charge is 2.27. The van der Waals surface area contributed by atoms with Crippen LogP contribution < -0.4 is 10.6 Å². The van der Waals surface area contributed by atoms with Crippen LogP contribution >= 0.6 is 11.3 Å². The molecule has 0 aromatic carbocycles. The lowest BCUT2D eigenvalue weighted by Gasteiger charge is -2.25. The number of nitrogens with one attached hydrogen (secondary N) is 2. The third-order valence-electron chi connectivity index (χ3n) is 2.84. The molecule has 0 aliphatic heterocycles. The zero-order valence-corrected chi connectivity index (χ0v) is 12.8. The Balaban J connectivity index is 2.59. The monoisotopic (exact) mass is 299 g/mol. The fraction of sp³-hybridized carbons (Fsp3) is 0.615. The number of amides is 2. The summed E-state index contributed by atoms with van der Waals surface area (Å²) in [4.78, 5) is 27.2. The molecular formula is C13H21N3O3S. The van der Waals surface area contributed by atoms with Gasteiger partial charge in [0.1, 0.15) is 11.0 Å². The van der Waals surface area contributed by atoms with E-state index in [1.54, 1.807) is 6.20 Å². The van der Waals surface area contributed by atoms with Gasteiger partial charge in [-0.15, -0.1) is 11.3 Å². The van der Waals surface area contributed by atoms with E-state index in [1.807, 2.05) is 26.2 Å². The standard InChI is InChI=1S/C13H21N3O3S/c1-4-5-6-9(10(17)18)15-12(19)16-13(2,3)11-14-7-8-20-11/h7-9H,4-6H2,1-3H3,(H,17,18)(H2,15,16,19). The zero-order chi connectivity index (χ0) is 15.2. The number of carbonyl (C=O) groups excluding carboxylic acids is 1. The van der Waals surface area contributed by atoms with Crippen LogP contribution in [0.15, 0.2) is 11.6 Å². The van der Waals surface area contributed by atoms with Gasteiger partial charge >= 0.3 is 12.0 Å². The molecule has 0 aliphatic carbocycles. The molecule has 1 aromatic rings. The second-order valence-corrected chi connectivity index (χ2v) is 5.99. The predicted molar refractivity (Wildman–Crippen MR) is 77.8 cm³/mol. The van der Waals surface area contributed by atoms with Crippen LogP contribution in [0.5, 0.6) is 0 Å². The van der Waals surface area contributed by atoms with E-state index in [2.05, 4.69) is 15.6 Å². The van der Waals surface area contributed by atoms with E-state index in [0.29, 0.717) is 6.42 Å². The molecular weight excluding hydrogens is 278 g/mol. The van der Waals surface area contributed by atoms with Crippen molar-refractivity contribution in [3.8, 4) is 0 Å². The highest BCUT2D eigenvalue weighted by atomic mass is 32.1. The van der Waals surface area contributed by atoms with Crippen LogP contribution in [-0.2, 0) is 10.3 Å². The van der Waals surface area contributed by atoms with E-state index < -0.39 is 23.6 Å². The van der Waals surface area contributed by atoms with Crippen molar-refractivity contribution in [1.29, 1.82) is 0 Å². The van der Waals surface area contributed by atoms with Gasteiger partial charge in [0.15, 0.2) is 0 Å². The van der Waals surface area contributed by atoms with E-state index in [4.69, 9.17) is 5.11 Å². The molecule has 1 atom stereocenters. The summed E-state index contributed by atoms with van der Waals surface area (Å²) in [5.41, 5.74) is -0.633. The van der Waals surface area contributed by atoms with Crippen molar-refractivity contribution in [3.63, 3.8) is 0 Å². The Hall–Kier alpha value is -1.63. The van der Waals surface area contributed by atoms with Crippen molar-refractivity contribution < 1.29 is 14.7 Å². The van der Waals surface area contributed by atoms with Gasteiger partial charge in [0.2, 0.25) is 0 Å². The van der Waals surface area contributed by atoms with Crippen molar-refractivity contribution in [1.82, 2.24) is 15.6 Å². The lowest BCUT2D eigenvalue weighted by molar-refractivity contribution is -0.139. The Labute approximate surface area is 122 Å². The summed E-state index contributed by atoms with van der Waals surface area (Å²) in [6.45, 7) is 5.63. The van der Waals surface area contributed by atoms with Crippen molar-refractivity contribution >= 4 is 23.3 Å². The summed E-state index contributed by atoms with van der Waals surface area (Å²) in [5.74, 6) is -1.01. The Morgan fingerprint density at radius 2 is 2.20 bits per heavy atom. The molecule has 3 N–H and O–H groups in total. The second kappa shape index (κ2) is 7.23. The first-order valence-corrected chi connectivity index (χ1v) is 7.46. The van der Waals surface area contributed by atoms with Crippen molar-refractivity contribution in [3.05, 3.63) is 16.6 Å². The predicted octanol–water partition coefficient (Wildman–Crippen LogP) is 2.32. The number of nitrogens with zero attached hydrogens (tertiary/aromatic N) is 1. The third-order valence-corrected chi connectivity index (χ3v) is 3.94. The van der Waals surface area contributed by atoms with E-state index in [-0.39, 0.29) is 0 Å². The highest BCUT2D eigenvalue weighted by molar-refractivity contribution is 7.09. The molecule has 6 nitrogen and oxygen atoms in total. The molecule has 1 unspecified atom stereocenters. The average molecular weight is 299 g/mol. The first-order valence-electron chi connectivity index (χ1n) is 6.58. The summed E-state index contributed by atoms with van der Waals surface area (Å²) < 4.78 is 0. The molecule has 7 heteroatoms. The molecule has 0 saturated heterocycles. The number of carbonyl (C=O) groups is 2. The largest absolute Gasteiger partial charge is 0.480 e. The van der Waals surface area contributed by atoms with E-state index in [9.17, 15) is 9.59 Å². The van der Waals surface area contributed by atoms with Gasteiger partial charge in [-0.05, 0) is 20.3 Å². The van der Waals surface area contributed by atoms with E-state index in [1.165, 1.54) is 11.3 Å². The quantitative estimate of drug-likeness (QED) is 0.720. The van der Waals surface area contributed by atoms with Gasteiger partial charge in [-0.2, -0.15) is 0 Å². The maximum Gasteiger partial charge on any atom is 0.326 e. The number of urea groups is 1. The summed E-state index contributed by atoms with van der Waals surface area (Å²) in [6.07, 6.45) is 3.74. The lowest BCUT2D eigenvalue weighted by Crippen LogP contribution is -2.51. The molecule has 20 heavy (non-hydrogen) atoms. The number of carboxylic acids is 1. The normalized spacial score (nSPS) is 12.8. The molecule has 112 valence electrons. The van der Waals surface area contributed by atoms with Gasteiger partial charge in [0.05, 0.1) is 5.54 Å². The summed E-state index contributed by atoms with van der Waals surface area (Å²) in [6, 6.07) is -1.35. The minimum absolute atomic E-state index is 0.428. The first-order chi connectivity index (χ1) is 9.36. The zero-order valence-electron chi connectivity index (χ0n) is 12.0. The fourth-order valence-electron chi connectivity index (χ4n) is 1.73. The summed E-state index contributed by atoms with van der Waals surface area (Å²) in [7, 11) is 0. The van der Waals surface area contributed by atoms with Crippen LogP contribution in [0.4, 0.5) is 4.79 Å². The number of hydrogen-bond acceptors (Lipinski definition) is 4. The van der Waals surface area contributed by atoms with E-state index in [0.717, 1.165) is 17.8 Å². The number of aliphatic carboxylic acids is 1. The van der Waals surface area contributed by atoms with Crippen molar-refractivity contribution in [2.45, 2.75) is 51.6 Å². The number of aromatic nitrogens is 1. The molecule has 0 saturated carbocycles. The Bertz CT molecular complexity index is 446. The maximum absolute atomic E-state index is 11.9. The maximum atomic E-state index is 11.9. The highest BCUT2D eigenvalue weighted by Crippen LogP contribution is 2.21. The summed E-state index contributed by atoms with van der Waals surface area (Å²) in [5, 5.41) is 16.9. The Kier molecular flexibility index (Phi) is 5.94. The van der Waals surface area contributed by atoms with Crippen LogP contribution in [0.1, 0.15) is 45.0 Å². The van der Waals surface area contributed by atoms with Crippen molar-refractivity contribution in [2.75, 3.05) is 0 Å². The molecule has 0 radical (unpaired) electrons. The summed E-state index contributed by atoms with van der Waals surface area (Å²) >= 11 is 1.44. The minimum atomic E-state index is -1.01. The van der Waals surface area contributed by atoms with Gasteiger partial charge < -0.3 is 15.7 Å². The number of rotatable bonds is 7. The molecule has 0 bridgehead atoms. The van der Waals surface area contributed by atoms with Crippen LogP contribution in [0.2, 0.25) is 0 Å². The van der Waals surface area contributed by atoms with Crippen LogP contribution in [0.3, 0.4) is 0 Å². The minimum Gasteiger partial charge on any atom is -0.480 e. The van der Waals surface area contributed by atoms with Crippen molar-refractivity contribution in [2.24, 2.45) is 0 Å². The Morgan fingerprint density at radius 1 is 1.50 bits per heavy atom. The van der Waals surface area contributed by atoms with Gasteiger partial charge in [0, 0.05) is 11.6 Å². The number of thiazole rings is 1. The lowest BCUT2D eigenvalue weighted by atomic mass is 10.1. The molecule has 1 heterocycles. The molecule has 2 amide bonds. The number of hydrogen-bond donors (Lipinski definition) is 3. The molecule has 0 aliphatic rings. The molecule has 1 rings (SSSR count). The van der Waals surface area contributed by atoms with Crippen LogP contribution in [0.25, 0.3) is 0 Å². The molecule has 0 fully saturated rings. The fourth-order valence-corrected chi connectivity index (χ4v) is 2.45. The van der Waals surface area contributed by atoms with Crippen LogP contribution in [0, 0.1) is 0 Å². The SMILES string of the molecule is CCCCC(NC(=O)NC(C)(C)c1nccs1)C(=O)O. The number of carboxylic acid groups (broad SMARTS) is 1. The second-order valence-electron chi connectivity index (χ2n) is 5.09. The molecule has 1 aromatic heterocycles. The topological polar surface area (TPSA) is 91.3 Å². The molecule has 0 spiro atoms. The van der Waals surface area contributed by atoms with Gasteiger partial charge in [-0.25, -0.2) is 14.6 Å². The van der Waals surface area contributed by atoms with Gasteiger partial charge in [-0.1, -0.05) is 19.8 Å². The third kappa shape index (κ3) is 4.80. The van der Waals surface area contributed by atoms with Crippen LogP contribution in [-0.4, -0.2) is 28.1 Å². The first kappa shape index (κ1) is 16.4. The average Bonchev–Trinajstić information content (AvgIpc) is 2.87. The smallest absolute Gasteiger partial charge is 0.326 e. The van der Waals surface area contributed by atoms with Gasteiger partial charge in [-0.3, -0.25) is 0 Å². The number of unbranched alkanes of at least 4 members (excludes halogenated alkanes) is 1.